The molecule has 4 fully saturated rings. The summed E-state index contributed by atoms with van der Waals surface area (Å²) in [6, 6.07) is 17.0. The molecule has 4 aliphatic heterocycles. The summed E-state index contributed by atoms with van der Waals surface area (Å²) in [7, 11) is 0. The van der Waals surface area contributed by atoms with Crippen LogP contribution in [0.3, 0.4) is 0 Å². The average molecular weight is 424 g/mol. The maximum Gasteiger partial charge on any atom is 0.150 e. The smallest absolute Gasteiger partial charge is 0.150 e. The van der Waals surface area contributed by atoms with Crippen molar-refractivity contribution < 1.29 is 23.7 Å². The molecule has 0 aromatic heterocycles. The number of nitrogens with zero attached hydrogens (tertiary/aromatic N) is 2. The monoisotopic (exact) mass is 424 g/mol. The number of benzene rings is 2. The van der Waals surface area contributed by atoms with Crippen molar-refractivity contribution in [1.29, 1.82) is 0 Å². The molecule has 0 saturated carbocycles. The molecule has 7 heteroatoms. The van der Waals surface area contributed by atoms with Crippen molar-refractivity contribution in [3.63, 3.8) is 0 Å². The van der Waals surface area contributed by atoms with Gasteiger partial charge in [0.15, 0.2) is 5.75 Å². The summed E-state index contributed by atoms with van der Waals surface area (Å²) in [5, 5.41) is 0. The summed E-state index contributed by atoms with van der Waals surface area (Å²) in [4.78, 5) is 4.72. The van der Waals surface area contributed by atoms with Crippen molar-refractivity contribution in [3.05, 3.63) is 48.5 Å². The Balaban J connectivity index is 1.23. The van der Waals surface area contributed by atoms with Crippen molar-refractivity contribution in [2.24, 2.45) is 0 Å². The molecule has 31 heavy (non-hydrogen) atoms. The quantitative estimate of drug-likeness (QED) is 0.514. The number of hydrogen-bond donors (Lipinski definition) is 0. The van der Waals surface area contributed by atoms with E-state index in [4.69, 9.17) is 23.7 Å². The zero-order chi connectivity index (χ0) is 20.6. The minimum absolute atomic E-state index is 0.304. The topological polar surface area (TPSA) is 62.5 Å². The van der Waals surface area contributed by atoms with Gasteiger partial charge in [-0.15, -0.1) is 0 Å². The van der Waals surface area contributed by atoms with Crippen molar-refractivity contribution >= 4 is 11.4 Å². The van der Waals surface area contributed by atoms with Gasteiger partial charge in [0, 0.05) is 31.4 Å². The molecule has 3 unspecified atom stereocenters. The van der Waals surface area contributed by atoms with E-state index in [9.17, 15) is 0 Å². The van der Waals surface area contributed by atoms with E-state index in [0.717, 1.165) is 75.5 Å². The van der Waals surface area contributed by atoms with E-state index < -0.39 is 0 Å². The van der Waals surface area contributed by atoms with Crippen LogP contribution >= 0.6 is 0 Å². The number of rotatable bonds is 11. The minimum Gasteiger partial charge on any atom is -0.455 e. The second-order valence-corrected chi connectivity index (χ2v) is 8.68. The molecule has 4 saturated heterocycles. The zero-order valence-corrected chi connectivity index (χ0v) is 17.5. The molecule has 2 aromatic rings. The molecule has 0 radical (unpaired) electrons. The molecule has 0 aliphatic carbocycles. The lowest BCUT2D eigenvalue weighted by Crippen LogP contribution is -2.50. The summed E-state index contributed by atoms with van der Waals surface area (Å²) in [5.74, 6) is 1.68. The fourth-order valence-electron chi connectivity index (χ4n) is 4.03. The normalized spacial score (nSPS) is 26.1. The Morgan fingerprint density at radius 3 is 2.10 bits per heavy atom. The standard InChI is InChI=1S/C24H28N2O5/c1-2-7-24(23(6-1)25(9-20-14-28-20)10-21-15-29-21)31-19-5-3-4-17(8-19)26(11-22-16-30-22)18-12-27-13-18/h1-8,18,20-22H,9-16H2. The molecule has 164 valence electrons. The minimum atomic E-state index is 0.304. The van der Waals surface area contributed by atoms with Crippen LogP contribution in [0.25, 0.3) is 0 Å². The van der Waals surface area contributed by atoms with Gasteiger partial charge in [-0.1, -0.05) is 18.2 Å². The Hall–Kier alpha value is -2.32. The van der Waals surface area contributed by atoms with Crippen LogP contribution in [0.5, 0.6) is 11.5 Å². The van der Waals surface area contributed by atoms with Gasteiger partial charge in [0.1, 0.15) is 5.75 Å². The Kier molecular flexibility index (Phi) is 5.20. The molecule has 7 nitrogen and oxygen atoms in total. The number of epoxide rings is 3. The van der Waals surface area contributed by atoms with Gasteiger partial charge in [-0.2, -0.15) is 0 Å². The third kappa shape index (κ3) is 4.80. The van der Waals surface area contributed by atoms with E-state index in [1.165, 1.54) is 0 Å². The van der Waals surface area contributed by atoms with Crippen molar-refractivity contribution in [2.75, 3.05) is 62.5 Å². The van der Waals surface area contributed by atoms with Crippen molar-refractivity contribution in [2.45, 2.75) is 24.4 Å². The molecule has 4 aliphatic rings. The van der Waals surface area contributed by atoms with Crippen LogP contribution in [0.1, 0.15) is 0 Å². The first-order chi connectivity index (χ1) is 15.3. The fourth-order valence-corrected chi connectivity index (χ4v) is 4.03. The first kappa shape index (κ1) is 19.4. The number of anilines is 2. The van der Waals surface area contributed by atoms with Crippen LogP contribution in [0.15, 0.2) is 48.5 Å². The van der Waals surface area contributed by atoms with Crippen LogP contribution < -0.4 is 14.5 Å². The average Bonchev–Trinajstić information content (AvgIpc) is 3.58. The Bertz CT molecular complexity index is 894. The number of para-hydroxylation sites is 2. The van der Waals surface area contributed by atoms with Gasteiger partial charge in [0.05, 0.1) is 63.1 Å². The van der Waals surface area contributed by atoms with Gasteiger partial charge in [-0.3, -0.25) is 0 Å². The van der Waals surface area contributed by atoms with E-state index in [1.54, 1.807) is 0 Å². The van der Waals surface area contributed by atoms with E-state index in [2.05, 4.69) is 40.1 Å². The van der Waals surface area contributed by atoms with Gasteiger partial charge in [-0.05, 0) is 24.3 Å². The second-order valence-electron chi connectivity index (χ2n) is 8.68. The van der Waals surface area contributed by atoms with Gasteiger partial charge >= 0.3 is 0 Å². The van der Waals surface area contributed by atoms with Gasteiger partial charge in [0.25, 0.3) is 0 Å². The largest absolute Gasteiger partial charge is 0.455 e. The van der Waals surface area contributed by atoms with Gasteiger partial charge < -0.3 is 33.5 Å². The highest BCUT2D eigenvalue weighted by Gasteiger charge is 2.34. The van der Waals surface area contributed by atoms with Gasteiger partial charge in [0.2, 0.25) is 0 Å². The van der Waals surface area contributed by atoms with Crippen molar-refractivity contribution in [3.8, 4) is 11.5 Å². The lowest BCUT2D eigenvalue weighted by Gasteiger charge is -2.38. The Morgan fingerprint density at radius 1 is 0.774 bits per heavy atom. The molecular weight excluding hydrogens is 396 g/mol. The first-order valence-electron chi connectivity index (χ1n) is 11.1. The third-order valence-corrected chi connectivity index (χ3v) is 6.10. The van der Waals surface area contributed by atoms with Crippen molar-refractivity contribution in [1.82, 2.24) is 0 Å². The summed E-state index contributed by atoms with van der Waals surface area (Å²) in [6.07, 6.45) is 0.935. The van der Waals surface area contributed by atoms with Crippen LogP contribution in [-0.4, -0.2) is 77.0 Å². The van der Waals surface area contributed by atoms with Gasteiger partial charge in [-0.25, -0.2) is 0 Å². The summed E-state index contributed by atoms with van der Waals surface area (Å²) < 4.78 is 28.3. The predicted molar refractivity (Wildman–Crippen MR) is 116 cm³/mol. The van der Waals surface area contributed by atoms with E-state index in [0.29, 0.717) is 24.4 Å². The SMILES string of the molecule is c1cc(Oc2ccccc2N(CC2CO2)CC2CO2)cc(N(CC2CO2)C2COC2)c1. The molecule has 0 N–H and O–H groups in total. The Labute approximate surface area is 182 Å². The molecule has 0 amide bonds. The van der Waals surface area contributed by atoms with Crippen LogP contribution in [0, 0.1) is 0 Å². The molecule has 0 bridgehead atoms. The van der Waals surface area contributed by atoms with Crippen LogP contribution in [-0.2, 0) is 18.9 Å². The van der Waals surface area contributed by atoms with E-state index in [-0.39, 0.29) is 0 Å². The highest BCUT2D eigenvalue weighted by Crippen LogP contribution is 2.36. The molecular formula is C24H28N2O5. The van der Waals surface area contributed by atoms with Crippen LogP contribution in [0.4, 0.5) is 11.4 Å². The fraction of sp³-hybridized carbons (Fsp3) is 0.500. The van der Waals surface area contributed by atoms with E-state index in [1.807, 2.05) is 18.2 Å². The maximum atomic E-state index is 6.42. The lowest BCUT2D eigenvalue weighted by atomic mass is 10.1. The lowest BCUT2D eigenvalue weighted by molar-refractivity contribution is 0.00763. The highest BCUT2D eigenvalue weighted by molar-refractivity contribution is 5.61. The predicted octanol–water partition coefficient (Wildman–Crippen LogP) is 2.69. The second kappa shape index (κ2) is 8.31. The highest BCUT2D eigenvalue weighted by atomic mass is 16.6. The van der Waals surface area contributed by atoms with Crippen LogP contribution in [0.2, 0.25) is 0 Å². The third-order valence-electron chi connectivity index (χ3n) is 6.10. The van der Waals surface area contributed by atoms with E-state index >= 15 is 0 Å². The molecule has 2 aromatic carbocycles. The molecule has 0 spiro atoms. The number of hydrogen-bond acceptors (Lipinski definition) is 7. The molecule has 3 atom stereocenters. The Morgan fingerprint density at radius 2 is 1.45 bits per heavy atom. The maximum absolute atomic E-state index is 6.42. The molecule has 6 rings (SSSR count). The zero-order valence-electron chi connectivity index (χ0n) is 17.5. The summed E-state index contributed by atoms with van der Waals surface area (Å²) in [6.45, 7) is 6.65. The summed E-state index contributed by atoms with van der Waals surface area (Å²) in [5.41, 5.74) is 2.22. The number of ether oxygens (including phenoxy) is 5. The molecule has 4 heterocycles. The first-order valence-corrected chi connectivity index (χ1v) is 11.1. The summed E-state index contributed by atoms with van der Waals surface area (Å²) >= 11 is 0.